The van der Waals surface area contributed by atoms with Gasteiger partial charge in [0.1, 0.15) is 11.4 Å². The van der Waals surface area contributed by atoms with Crippen molar-refractivity contribution in [3.8, 4) is 11.5 Å². The van der Waals surface area contributed by atoms with E-state index >= 15 is 0 Å². The molecule has 0 aromatic heterocycles. The van der Waals surface area contributed by atoms with Crippen molar-refractivity contribution < 1.29 is 18.7 Å². The highest BCUT2D eigenvalue weighted by Gasteiger charge is 2.80. The largest absolute Gasteiger partial charge is 0.500 e. The van der Waals surface area contributed by atoms with Crippen molar-refractivity contribution in [2.24, 2.45) is 10.8 Å². The fraction of sp³-hybridized carbons (Fsp3) is 0.762. The monoisotopic (exact) mass is 374 g/mol. The molecule has 26 heavy (non-hydrogen) atoms. The van der Waals surface area contributed by atoms with Gasteiger partial charge in [0.05, 0.1) is 24.7 Å². The molecule has 2 saturated carbocycles. The third-order valence-electron chi connectivity index (χ3n) is 7.60. The Morgan fingerprint density at radius 2 is 1.88 bits per heavy atom. The third-order valence-corrected chi connectivity index (χ3v) is 12.2. The van der Waals surface area contributed by atoms with Gasteiger partial charge in [-0.05, 0) is 37.3 Å². The lowest BCUT2D eigenvalue weighted by Crippen LogP contribution is -2.70. The van der Waals surface area contributed by atoms with Crippen molar-refractivity contribution in [1.29, 1.82) is 0 Å². The first kappa shape index (κ1) is 18.1. The number of rotatable bonds is 3. The lowest BCUT2D eigenvalue weighted by atomic mass is 9.41. The van der Waals surface area contributed by atoms with Crippen LogP contribution in [0.15, 0.2) is 11.3 Å². The van der Waals surface area contributed by atoms with Crippen LogP contribution in [0.1, 0.15) is 60.3 Å². The highest BCUT2D eigenvalue weighted by Crippen LogP contribution is 2.76. The summed E-state index contributed by atoms with van der Waals surface area (Å²) in [6, 6.07) is 0. The summed E-state index contributed by atoms with van der Waals surface area (Å²) < 4.78 is 18.6. The first-order valence-corrected chi connectivity index (χ1v) is 11.9. The van der Waals surface area contributed by atoms with E-state index in [1.165, 1.54) is 0 Å². The molecule has 2 fully saturated rings. The molecule has 1 spiro atoms. The van der Waals surface area contributed by atoms with E-state index in [9.17, 15) is 4.79 Å². The van der Waals surface area contributed by atoms with Gasteiger partial charge in [0, 0.05) is 11.8 Å². The van der Waals surface area contributed by atoms with Gasteiger partial charge in [-0.15, -0.1) is 0 Å². The second-order valence-corrected chi connectivity index (χ2v) is 13.7. The predicted octanol–water partition coefficient (Wildman–Crippen LogP) is 4.10. The molecule has 0 aromatic carbocycles. The summed E-state index contributed by atoms with van der Waals surface area (Å²) in [7, 11) is -0.671. The van der Waals surface area contributed by atoms with Gasteiger partial charge in [-0.1, -0.05) is 39.2 Å². The van der Waals surface area contributed by atoms with E-state index in [0.29, 0.717) is 16.7 Å². The van der Waals surface area contributed by atoms with Crippen molar-refractivity contribution in [2.75, 3.05) is 13.7 Å². The maximum atomic E-state index is 12.9. The van der Waals surface area contributed by atoms with E-state index in [4.69, 9.17) is 13.9 Å². The topological polar surface area (TPSA) is 44.8 Å². The molecule has 0 aromatic rings. The maximum absolute atomic E-state index is 12.9. The molecule has 2 heterocycles. The predicted molar refractivity (Wildman–Crippen MR) is 102 cm³/mol. The van der Waals surface area contributed by atoms with Crippen LogP contribution in [0.2, 0.25) is 11.1 Å². The summed E-state index contributed by atoms with van der Waals surface area (Å²) >= 11 is 0. The molecule has 2 aliphatic carbocycles. The molecule has 4 rings (SSSR count). The molecule has 142 valence electrons. The minimum Gasteiger partial charge on any atom is -0.500 e. The molecular weight excluding hydrogens is 344 g/mol. The standard InChI is InChI=1S/C21H30O4Si/c1-14(2)26(15(3)4)11-10-19(5)13-20-8-7-9-21(19,20)17(23-6)16(12-24-26)18(22)25-20/h14-15H,7-9,12-13H2,1-6H3/t19?,20-,21+/m1/s1. The van der Waals surface area contributed by atoms with Crippen LogP contribution < -0.4 is 0 Å². The maximum Gasteiger partial charge on any atom is 0.340 e. The molecule has 0 radical (unpaired) electrons. The van der Waals surface area contributed by atoms with E-state index in [0.717, 1.165) is 31.4 Å². The molecule has 2 bridgehead atoms. The van der Waals surface area contributed by atoms with Gasteiger partial charge in [0.2, 0.25) is 0 Å². The highest BCUT2D eigenvalue weighted by molar-refractivity contribution is 6.84. The second kappa shape index (κ2) is 5.39. The normalized spacial score (nSPS) is 39.9. The molecule has 2 aliphatic heterocycles. The van der Waals surface area contributed by atoms with Crippen LogP contribution in [0.25, 0.3) is 0 Å². The Bertz CT molecular complexity index is 750. The quantitative estimate of drug-likeness (QED) is 0.424. The van der Waals surface area contributed by atoms with Crippen molar-refractivity contribution in [3.63, 3.8) is 0 Å². The zero-order valence-electron chi connectivity index (χ0n) is 16.8. The van der Waals surface area contributed by atoms with Crippen LogP contribution in [-0.4, -0.2) is 33.6 Å². The molecule has 0 amide bonds. The number of hydrogen-bond acceptors (Lipinski definition) is 4. The molecule has 4 aliphatic rings. The van der Waals surface area contributed by atoms with Gasteiger partial charge in [-0.2, -0.15) is 0 Å². The summed E-state index contributed by atoms with van der Waals surface area (Å²) in [5.41, 5.74) is 4.03. The van der Waals surface area contributed by atoms with E-state index in [2.05, 4.69) is 46.1 Å². The van der Waals surface area contributed by atoms with Crippen LogP contribution >= 0.6 is 0 Å². The minimum atomic E-state index is -2.36. The number of carbonyl (C=O) groups is 1. The Morgan fingerprint density at radius 3 is 2.50 bits per heavy atom. The van der Waals surface area contributed by atoms with Gasteiger partial charge in [-0.25, -0.2) is 4.79 Å². The Morgan fingerprint density at radius 1 is 1.19 bits per heavy atom. The van der Waals surface area contributed by atoms with Crippen molar-refractivity contribution >= 4 is 14.3 Å². The Hall–Kier alpha value is -1.25. The third kappa shape index (κ3) is 1.83. The van der Waals surface area contributed by atoms with Crippen LogP contribution in [0.4, 0.5) is 0 Å². The van der Waals surface area contributed by atoms with Crippen LogP contribution in [0.5, 0.6) is 0 Å². The number of ether oxygens (including phenoxy) is 2. The second-order valence-electron chi connectivity index (χ2n) is 9.30. The molecule has 0 saturated heterocycles. The van der Waals surface area contributed by atoms with E-state index in [1.807, 2.05) is 0 Å². The van der Waals surface area contributed by atoms with Crippen molar-refractivity contribution in [3.05, 3.63) is 11.3 Å². The molecule has 1 unspecified atom stereocenters. The van der Waals surface area contributed by atoms with E-state index in [-0.39, 0.29) is 23.4 Å². The van der Waals surface area contributed by atoms with Crippen molar-refractivity contribution in [2.45, 2.75) is 77.0 Å². The zero-order valence-corrected chi connectivity index (χ0v) is 17.8. The Kier molecular flexibility index (Phi) is 3.76. The average molecular weight is 375 g/mol. The summed E-state index contributed by atoms with van der Waals surface area (Å²) in [6.07, 6.45) is 3.73. The van der Waals surface area contributed by atoms with Crippen LogP contribution in [0.3, 0.4) is 0 Å². The first-order valence-electron chi connectivity index (χ1n) is 9.87. The van der Waals surface area contributed by atoms with Gasteiger partial charge >= 0.3 is 5.97 Å². The van der Waals surface area contributed by atoms with Gasteiger partial charge in [0.15, 0.2) is 0 Å². The van der Waals surface area contributed by atoms with Gasteiger partial charge in [-0.3, -0.25) is 0 Å². The number of esters is 1. The molecule has 4 nitrogen and oxygen atoms in total. The number of methoxy groups -OCH3 is 1. The van der Waals surface area contributed by atoms with E-state index in [1.54, 1.807) is 7.11 Å². The lowest BCUT2D eigenvalue weighted by molar-refractivity contribution is -0.243. The summed E-state index contributed by atoms with van der Waals surface area (Å²) in [5, 5.41) is 0. The number of carbonyl (C=O) groups excluding carboxylic acids is 1. The lowest BCUT2D eigenvalue weighted by Gasteiger charge is -2.66. The molecule has 5 heteroatoms. The number of hydrogen-bond donors (Lipinski definition) is 0. The summed E-state index contributed by atoms with van der Waals surface area (Å²) in [4.78, 5) is 12.9. The fourth-order valence-corrected chi connectivity index (χ4v) is 9.88. The molecule has 0 N–H and O–H groups in total. The highest BCUT2D eigenvalue weighted by atomic mass is 28.4. The summed E-state index contributed by atoms with van der Waals surface area (Å²) in [6.45, 7) is 11.3. The molecule has 3 atom stereocenters. The Labute approximate surface area is 157 Å². The van der Waals surface area contributed by atoms with E-state index < -0.39 is 13.9 Å². The van der Waals surface area contributed by atoms with Crippen molar-refractivity contribution in [1.82, 2.24) is 0 Å². The summed E-state index contributed by atoms with van der Waals surface area (Å²) in [5.74, 6) is 4.24. The van der Waals surface area contributed by atoms with Crippen LogP contribution in [-0.2, 0) is 18.7 Å². The zero-order chi connectivity index (χ0) is 19.0. The smallest absolute Gasteiger partial charge is 0.340 e. The first-order chi connectivity index (χ1) is 12.2. The van der Waals surface area contributed by atoms with Gasteiger partial charge < -0.3 is 13.9 Å². The SMILES string of the molecule is COC1=C2CO[Si](C(C)C)(C(C)C)C#CC3(C)C[C@@]4(CCC[C@]134)OC2=O. The minimum absolute atomic E-state index is 0.226. The fourth-order valence-electron chi connectivity index (χ4n) is 6.37. The van der Waals surface area contributed by atoms with Crippen LogP contribution in [0, 0.1) is 22.3 Å². The Balaban J connectivity index is 1.97. The average Bonchev–Trinajstić information content (AvgIpc) is 2.88. The molecular formula is C21H30O4Si. The van der Waals surface area contributed by atoms with Gasteiger partial charge in [0.25, 0.3) is 8.32 Å².